The van der Waals surface area contributed by atoms with Gasteiger partial charge in [0, 0.05) is 18.4 Å². The second kappa shape index (κ2) is 5.88. The predicted molar refractivity (Wildman–Crippen MR) is 79.5 cm³/mol. The second-order valence-corrected chi connectivity index (χ2v) is 6.69. The zero-order valence-corrected chi connectivity index (χ0v) is 13.0. The summed E-state index contributed by atoms with van der Waals surface area (Å²) < 4.78 is 27.1. The molecule has 6 heteroatoms. The van der Waals surface area contributed by atoms with Crippen LogP contribution in [0.3, 0.4) is 0 Å². The van der Waals surface area contributed by atoms with Crippen molar-refractivity contribution in [1.29, 1.82) is 5.26 Å². The van der Waals surface area contributed by atoms with E-state index in [1.54, 1.807) is 17.2 Å². The Hall–Kier alpha value is -2.03. The first-order valence-electron chi connectivity index (χ1n) is 7.93. The van der Waals surface area contributed by atoms with Gasteiger partial charge in [-0.25, -0.2) is 8.78 Å². The van der Waals surface area contributed by atoms with E-state index in [9.17, 15) is 13.6 Å². The summed E-state index contributed by atoms with van der Waals surface area (Å²) >= 11 is 0. The Labute approximate surface area is 134 Å². The summed E-state index contributed by atoms with van der Waals surface area (Å²) in [7, 11) is 0. The molecule has 4 nitrogen and oxygen atoms in total. The van der Waals surface area contributed by atoms with Crippen LogP contribution in [0, 0.1) is 16.7 Å². The Bertz CT molecular complexity index is 657. The molecule has 0 N–H and O–H groups in total. The lowest BCUT2D eigenvalue weighted by molar-refractivity contribution is -0.152. The molecule has 1 amide bonds. The van der Waals surface area contributed by atoms with Crippen molar-refractivity contribution in [1.82, 2.24) is 9.88 Å². The van der Waals surface area contributed by atoms with Crippen LogP contribution in [0.5, 0.6) is 0 Å². The number of hydrogen-bond donors (Lipinski definition) is 0. The van der Waals surface area contributed by atoms with Crippen molar-refractivity contribution < 1.29 is 13.6 Å². The predicted octanol–water partition coefficient (Wildman–Crippen LogP) is 3.44. The van der Waals surface area contributed by atoms with Crippen LogP contribution in [0.1, 0.15) is 56.2 Å². The van der Waals surface area contributed by atoms with Gasteiger partial charge in [-0.2, -0.15) is 5.26 Å². The zero-order valence-electron chi connectivity index (χ0n) is 13.0. The van der Waals surface area contributed by atoms with E-state index in [1.807, 2.05) is 6.07 Å². The maximum absolute atomic E-state index is 13.5. The maximum Gasteiger partial charge on any atom is 0.252 e. The van der Waals surface area contributed by atoms with Gasteiger partial charge in [0.2, 0.25) is 5.91 Å². The molecule has 0 radical (unpaired) electrons. The fourth-order valence-corrected chi connectivity index (χ4v) is 3.81. The molecular formula is C17H19F2N3O. The monoisotopic (exact) mass is 319 g/mol. The summed E-state index contributed by atoms with van der Waals surface area (Å²) in [6.07, 6.45) is 3.58. The molecule has 1 unspecified atom stereocenters. The highest BCUT2D eigenvalue weighted by Crippen LogP contribution is 2.46. The number of nitriles is 1. The molecule has 0 aliphatic carbocycles. The lowest BCUT2D eigenvalue weighted by Crippen LogP contribution is -2.47. The molecule has 2 fully saturated rings. The number of carbonyl (C=O) groups excluding carboxylic acids is 1. The van der Waals surface area contributed by atoms with Gasteiger partial charge in [0.15, 0.2) is 0 Å². The third-order valence-corrected chi connectivity index (χ3v) is 5.21. The van der Waals surface area contributed by atoms with Crippen molar-refractivity contribution in [3.63, 3.8) is 0 Å². The first-order valence-corrected chi connectivity index (χ1v) is 7.93. The molecule has 2 saturated heterocycles. The first-order chi connectivity index (χ1) is 11.0. The highest BCUT2D eigenvalue weighted by Gasteiger charge is 2.51. The van der Waals surface area contributed by atoms with E-state index in [2.05, 4.69) is 4.98 Å². The maximum atomic E-state index is 13.5. The smallest absolute Gasteiger partial charge is 0.252 e. The topological polar surface area (TPSA) is 57.0 Å². The van der Waals surface area contributed by atoms with Gasteiger partial charge < -0.3 is 4.90 Å². The van der Waals surface area contributed by atoms with Crippen LogP contribution >= 0.6 is 0 Å². The third-order valence-electron chi connectivity index (χ3n) is 5.21. The number of alkyl halides is 2. The van der Waals surface area contributed by atoms with E-state index in [0.29, 0.717) is 12.0 Å². The van der Waals surface area contributed by atoms with Gasteiger partial charge >= 0.3 is 0 Å². The van der Waals surface area contributed by atoms with Gasteiger partial charge in [0.1, 0.15) is 11.5 Å². The van der Waals surface area contributed by atoms with E-state index in [4.69, 9.17) is 5.26 Å². The number of carbonyl (C=O) groups is 1. The van der Waals surface area contributed by atoms with E-state index in [1.165, 1.54) is 13.1 Å². The number of aromatic nitrogens is 1. The van der Waals surface area contributed by atoms with Gasteiger partial charge in [-0.1, -0.05) is 6.42 Å². The minimum Gasteiger partial charge on any atom is -0.332 e. The third kappa shape index (κ3) is 2.58. The summed E-state index contributed by atoms with van der Waals surface area (Å²) in [6.45, 7) is 1.38. The quantitative estimate of drug-likeness (QED) is 0.839. The molecule has 1 aromatic rings. The standard InChI is InChI=1S/C17H19F2N3O/c1-17(15(18)19)6-2-3-13-4-5-14(22(13)16(17)23)12-7-11(8-20)9-21-10-12/h7,9-10,13-15H,2-6H2,1H3/t13-,14-,17?/m1/s1. The molecule has 0 spiro atoms. The Morgan fingerprint density at radius 2 is 2.17 bits per heavy atom. The fourth-order valence-electron chi connectivity index (χ4n) is 3.81. The second-order valence-electron chi connectivity index (χ2n) is 6.69. The Balaban J connectivity index is 1.98. The number of halogens is 2. The van der Waals surface area contributed by atoms with Gasteiger partial charge in [0.25, 0.3) is 6.43 Å². The van der Waals surface area contributed by atoms with Crippen molar-refractivity contribution in [2.24, 2.45) is 5.41 Å². The SMILES string of the molecule is CC1(C(F)F)CCC[C@@H]2CC[C@H](c3cncc(C#N)c3)N2C1=O. The molecule has 3 rings (SSSR count). The van der Waals surface area contributed by atoms with Crippen LogP contribution in [0.2, 0.25) is 0 Å². The number of nitrogens with zero attached hydrogens (tertiary/aromatic N) is 3. The van der Waals surface area contributed by atoms with Crippen LogP contribution in [0.15, 0.2) is 18.5 Å². The van der Waals surface area contributed by atoms with Gasteiger partial charge in [0.05, 0.1) is 11.6 Å². The summed E-state index contributed by atoms with van der Waals surface area (Å²) in [5, 5.41) is 9.02. The molecule has 2 aliphatic heterocycles. The normalized spacial score (nSPS) is 30.9. The van der Waals surface area contributed by atoms with E-state index < -0.39 is 17.7 Å². The minimum absolute atomic E-state index is 0.0128. The lowest BCUT2D eigenvalue weighted by Gasteiger charge is -2.35. The van der Waals surface area contributed by atoms with Gasteiger partial charge in [-0.3, -0.25) is 9.78 Å². The van der Waals surface area contributed by atoms with E-state index in [0.717, 1.165) is 24.8 Å². The van der Waals surface area contributed by atoms with E-state index in [-0.39, 0.29) is 18.5 Å². The molecule has 23 heavy (non-hydrogen) atoms. The van der Waals surface area contributed by atoms with E-state index >= 15 is 0 Å². The number of fused-ring (bicyclic) bond motifs is 1. The number of hydrogen-bond acceptors (Lipinski definition) is 3. The molecule has 1 aromatic heterocycles. The molecule has 0 aromatic carbocycles. The van der Waals surface area contributed by atoms with Crippen LogP contribution < -0.4 is 0 Å². The Kier molecular flexibility index (Phi) is 4.05. The van der Waals surface area contributed by atoms with Gasteiger partial charge in [-0.05, 0) is 44.2 Å². The van der Waals surface area contributed by atoms with Crippen LogP contribution in [0.4, 0.5) is 8.78 Å². The molecule has 3 atom stereocenters. The minimum atomic E-state index is -2.67. The fraction of sp³-hybridized carbons (Fsp3) is 0.588. The summed E-state index contributed by atoms with van der Waals surface area (Å²) in [6, 6.07) is 3.49. The summed E-state index contributed by atoms with van der Waals surface area (Å²) in [5.41, 5.74) is -0.430. The Morgan fingerprint density at radius 3 is 2.87 bits per heavy atom. The average Bonchev–Trinajstić information content (AvgIpc) is 2.92. The molecule has 2 aliphatic rings. The van der Waals surface area contributed by atoms with Crippen molar-refractivity contribution >= 4 is 5.91 Å². The summed E-state index contributed by atoms with van der Waals surface area (Å²) in [4.78, 5) is 18.6. The molecule has 3 heterocycles. The molecular weight excluding hydrogens is 300 g/mol. The number of amides is 1. The first kappa shape index (κ1) is 15.9. The summed E-state index contributed by atoms with van der Waals surface area (Å²) in [5.74, 6) is -0.458. The number of rotatable bonds is 2. The average molecular weight is 319 g/mol. The molecule has 0 bridgehead atoms. The van der Waals surface area contributed by atoms with Crippen LogP contribution in [0.25, 0.3) is 0 Å². The van der Waals surface area contributed by atoms with Crippen LogP contribution in [-0.2, 0) is 4.79 Å². The lowest BCUT2D eigenvalue weighted by atomic mass is 9.84. The highest BCUT2D eigenvalue weighted by atomic mass is 19.3. The van der Waals surface area contributed by atoms with Crippen LogP contribution in [-0.4, -0.2) is 28.3 Å². The van der Waals surface area contributed by atoms with Crippen molar-refractivity contribution in [2.75, 3.05) is 0 Å². The van der Waals surface area contributed by atoms with Crippen molar-refractivity contribution in [3.05, 3.63) is 29.6 Å². The van der Waals surface area contributed by atoms with Crippen molar-refractivity contribution in [3.8, 4) is 6.07 Å². The van der Waals surface area contributed by atoms with Gasteiger partial charge in [-0.15, -0.1) is 0 Å². The molecule has 122 valence electrons. The number of pyridine rings is 1. The zero-order chi connectivity index (χ0) is 16.6. The largest absolute Gasteiger partial charge is 0.332 e. The van der Waals surface area contributed by atoms with Crippen molar-refractivity contribution in [2.45, 2.75) is 57.5 Å². The highest BCUT2D eigenvalue weighted by molar-refractivity contribution is 5.84. The Morgan fingerprint density at radius 1 is 1.39 bits per heavy atom. The molecule has 0 saturated carbocycles.